The Labute approximate surface area is 169 Å². The second-order valence-electron chi connectivity index (χ2n) is 6.57. The lowest BCUT2D eigenvalue weighted by atomic mass is 10.1. The van der Waals surface area contributed by atoms with E-state index in [4.69, 9.17) is 9.47 Å². The molecule has 13 nitrogen and oxygen atoms in total. The maximum atomic E-state index is 11.9. The fourth-order valence-electron chi connectivity index (χ4n) is 3.23. The third-order valence-corrected chi connectivity index (χ3v) is 4.74. The van der Waals surface area contributed by atoms with E-state index in [1.165, 1.54) is 28.0 Å². The van der Waals surface area contributed by atoms with E-state index in [2.05, 4.69) is 25.4 Å². The van der Waals surface area contributed by atoms with Gasteiger partial charge in [0.1, 0.15) is 18.3 Å². The zero-order chi connectivity index (χ0) is 21.4. The van der Waals surface area contributed by atoms with E-state index >= 15 is 0 Å². The van der Waals surface area contributed by atoms with Crippen molar-refractivity contribution in [3.05, 3.63) is 24.3 Å². The Balaban J connectivity index is 1.77. The van der Waals surface area contributed by atoms with Gasteiger partial charge in [0.05, 0.1) is 31.3 Å². The number of aliphatic hydroxyl groups excluding tert-OH is 3. The van der Waals surface area contributed by atoms with Crippen molar-refractivity contribution in [1.82, 2.24) is 29.3 Å². The molecule has 0 unspecified atom stereocenters. The molecule has 0 radical (unpaired) electrons. The molecule has 0 aliphatic carbocycles. The highest BCUT2D eigenvalue weighted by atomic mass is 16.6. The van der Waals surface area contributed by atoms with Gasteiger partial charge in [0.2, 0.25) is 0 Å². The number of ether oxygens (including phenoxy) is 2. The van der Waals surface area contributed by atoms with Gasteiger partial charge in [-0.1, -0.05) is 0 Å². The molecular formula is C17H21N7O6. The molecule has 1 saturated heterocycles. The average Bonchev–Trinajstić information content (AvgIpc) is 3.46. The zero-order valence-electron chi connectivity index (χ0n) is 16.2. The fraction of sp³-hybridized carbons (Fsp3) is 0.471. The monoisotopic (exact) mass is 419 g/mol. The lowest BCUT2D eigenvalue weighted by Gasteiger charge is -2.17. The molecule has 0 bridgehead atoms. The first-order valence-electron chi connectivity index (χ1n) is 9.25. The van der Waals surface area contributed by atoms with Crippen LogP contribution in [0.2, 0.25) is 0 Å². The molecule has 1 aliphatic rings. The van der Waals surface area contributed by atoms with Crippen molar-refractivity contribution in [2.45, 2.75) is 31.5 Å². The van der Waals surface area contributed by atoms with E-state index in [0.717, 1.165) is 0 Å². The van der Waals surface area contributed by atoms with Crippen molar-refractivity contribution in [2.75, 3.05) is 25.6 Å². The fourth-order valence-corrected chi connectivity index (χ4v) is 3.23. The van der Waals surface area contributed by atoms with Crippen molar-refractivity contribution in [3.8, 4) is 5.95 Å². The van der Waals surface area contributed by atoms with Crippen LogP contribution in [0, 0.1) is 0 Å². The van der Waals surface area contributed by atoms with Crippen molar-refractivity contribution in [1.29, 1.82) is 0 Å². The van der Waals surface area contributed by atoms with Gasteiger partial charge in [-0.25, -0.2) is 14.5 Å². The van der Waals surface area contributed by atoms with Crippen LogP contribution in [-0.2, 0) is 9.47 Å². The van der Waals surface area contributed by atoms with Gasteiger partial charge in [-0.15, -0.1) is 0 Å². The SMILES string of the molecule is CCOC(=O)c1cnn(-c2nc(NC)c3ncn([C@@H]4O[C@H](CO)[C@@H](O)[C@H]4O)c3n2)c1. The minimum atomic E-state index is -1.30. The molecule has 3 aromatic heterocycles. The first-order valence-corrected chi connectivity index (χ1v) is 9.25. The summed E-state index contributed by atoms with van der Waals surface area (Å²) in [4.78, 5) is 25.0. The number of hydrogen-bond acceptors (Lipinski definition) is 11. The van der Waals surface area contributed by atoms with Crippen LogP contribution < -0.4 is 5.32 Å². The van der Waals surface area contributed by atoms with E-state index in [1.807, 2.05) is 0 Å². The van der Waals surface area contributed by atoms with Crippen LogP contribution in [0.3, 0.4) is 0 Å². The Morgan fingerprint density at radius 2 is 2.13 bits per heavy atom. The smallest absolute Gasteiger partial charge is 0.341 e. The number of aromatic nitrogens is 6. The van der Waals surface area contributed by atoms with E-state index in [0.29, 0.717) is 17.0 Å². The summed E-state index contributed by atoms with van der Waals surface area (Å²) >= 11 is 0. The van der Waals surface area contributed by atoms with Crippen molar-refractivity contribution >= 4 is 23.0 Å². The zero-order valence-corrected chi connectivity index (χ0v) is 16.2. The number of carbonyl (C=O) groups is 1. The molecule has 4 N–H and O–H groups in total. The first-order chi connectivity index (χ1) is 14.5. The summed E-state index contributed by atoms with van der Waals surface area (Å²) in [6.45, 7) is 1.49. The number of esters is 1. The van der Waals surface area contributed by atoms with Crippen LogP contribution in [0.25, 0.3) is 17.1 Å². The first kappa shape index (κ1) is 20.2. The van der Waals surface area contributed by atoms with Crippen molar-refractivity contribution in [2.24, 2.45) is 0 Å². The highest BCUT2D eigenvalue weighted by molar-refractivity contribution is 5.89. The number of hydrogen-bond donors (Lipinski definition) is 4. The molecule has 0 aromatic carbocycles. The topological polar surface area (TPSA) is 170 Å². The van der Waals surface area contributed by atoms with E-state index in [9.17, 15) is 20.1 Å². The molecule has 0 amide bonds. The summed E-state index contributed by atoms with van der Waals surface area (Å²) < 4.78 is 13.3. The Hall–Kier alpha value is -3.13. The van der Waals surface area contributed by atoms with E-state index in [1.54, 1.807) is 14.0 Å². The van der Waals surface area contributed by atoms with Crippen LogP contribution in [-0.4, -0.2) is 89.2 Å². The molecule has 4 atom stereocenters. The second kappa shape index (κ2) is 7.95. The third-order valence-electron chi connectivity index (χ3n) is 4.74. The lowest BCUT2D eigenvalue weighted by molar-refractivity contribution is -0.0511. The number of fused-ring (bicyclic) bond motifs is 1. The summed E-state index contributed by atoms with van der Waals surface area (Å²) in [6, 6.07) is 0. The Kier molecular flexibility index (Phi) is 5.34. The number of rotatable bonds is 6. The largest absolute Gasteiger partial charge is 0.462 e. The van der Waals surface area contributed by atoms with E-state index in [-0.39, 0.29) is 18.1 Å². The van der Waals surface area contributed by atoms with Gasteiger partial charge in [0.15, 0.2) is 23.2 Å². The molecule has 160 valence electrons. The quantitative estimate of drug-likeness (QED) is 0.355. The number of nitrogens with one attached hydrogen (secondary N) is 1. The summed E-state index contributed by atoms with van der Waals surface area (Å²) in [6.07, 6.45) is -0.332. The van der Waals surface area contributed by atoms with Gasteiger partial charge in [0, 0.05) is 13.2 Å². The van der Waals surface area contributed by atoms with E-state index < -0.39 is 37.1 Å². The van der Waals surface area contributed by atoms with Crippen molar-refractivity contribution in [3.63, 3.8) is 0 Å². The molecule has 4 heterocycles. The average molecular weight is 419 g/mol. The van der Waals surface area contributed by atoms with Gasteiger partial charge in [-0.2, -0.15) is 15.1 Å². The summed E-state index contributed by atoms with van der Waals surface area (Å²) in [5.41, 5.74) is 0.938. The normalized spacial score (nSPS) is 23.8. The van der Waals surface area contributed by atoms with Crippen LogP contribution in [0.5, 0.6) is 0 Å². The van der Waals surface area contributed by atoms with Gasteiger partial charge in [0.25, 0.3) is 5.95 Å². The van der Waals surface area contributed by atoms with Gasteiger partial charge < -0.3 is 30.1 Å². The van der Waals surface area contributed by atoms with Crippen LogP contribution in [0.15, 0.2) is 18.7 Å². The molecule has 1 aliphatic heterocycles. The molecule has 1 fully saturated rings. The molecule has 4 rings (SSSR count). The van der Waals surface area contributed by atoms with Gasteiger partial charge in [-0.05, 0) is 6.92 Å². The van der Waals surface area contributed by atoms with Crippen molar-refractivity contribution < 1.29 is 29.6 Å². The number of carbonyl (C=O) groups excluding carboxylic acids is 1. The van der Waals surface area contributed by atoms with Crippen LogP contribution in [0.1, 0.15) is 23.5 Å². The number of nitrogens with zero attached hydrogens (tertiary/aromatic N) is 6. The third kappa shape index (κ3) is 3.27. The van der Waals surface area contributed by atoms with Crippen LogP contribution >= 0.6 is 0 Å². The molecule has 3 aromatic rings. The maximum absolute atomic E-state index is 11.9. The maximum Gasteiger partial charge on any atom is 0.341 e. The number of aliphatic hydroxyl groups is 3. The lowest BCUT2D eigenvalue weighted by Crippen LogP contribution is -2.33. The van der Waals surface area contributed by atoms with Crippen LogP contribution in [0.4, 0.5) is 5.82 Å². The molecule has 0 saturated carbocycles. The molecular weight excluding hydrogens is 398 g/mol. The minimum Gasteiger partial charge on any atom is -0.462 e. The standard InChI is InChI=1S/C17H21N7O6/c1-3-29-16(28)8-4-20-24(5-8)17-21-13(18-2)10-14(22-17)23(7-19-10)15-12(27)11(26)9(6-25)30-15/h4-5,7,9,11-12,15,25-27H,3,6H2,1-2H3,(H,18,21,22)/t9-,11-,12-,15-/m1/s1. The summed E-state index contributed by atoms with van der Waals surface area (Å²) in [5, 5.41) is 36.8. The minimum absolute atomic E-state index is 0.135. The highest BCUT2D eigenvalue weighted by Crippen LogP contribution is 2.32. The Morgan fingerprint density at radius 1 is 1.33 bits per heavy atom. The Morgan fingerprint density at radius 3 is 2.80 bits per heavy atom. The predicted molar refractivity (Wildman–Crippen MR) is 101 cm³/mol. The molecule has 13 heteroatoms. The molecule has 30 heavy (non-hydrogen) atoms. The number of anilines is 1. The summed E-state index contributed by atoms with van der Waals surface area (Å²) in [7, 11) is 1.66. The summed E-state index contributed by atoms with van der Waals surface area (Å²) in [5.74, 6) is -0.000194. The predicted octanol–water partition coefficient (Wildman–Crippen LogP) is -1.16. The molecule has 0 spiro atoms. The van der Waals surface area contributed by atoms with Gasteiger partial charge >= 0.3 is 5.97 Å². The Bertz CT molecular complexity index is 1070. The second-order valence-corrected chi connectivity index (χ2v) is 6.57. The van der Waals surface area contributed by atoms with Gasteiger partial charge in [-0.3, -0.25) is 4.57 Å². The highest BCUT2D eigenvalue weighted by Gasteiger charge is 2.44. The number of imidazole rings is 1.